The molecule has 0 heterocycles. The molecular formula is C4H9IO. The molecule has 2 heteroatoms. The molecule has 0 spiro atoms. The average molecular weight is 200 g/mol. The van der Waals surface area contributed by atoms with Crippen LogP contribution in [0.2, 0.25) is 0 Å². The van der Waals surface area contributed by atoms with Gasteiger partial charge in [0.25, 0.3) is 0 Å². The van der Waals surface area contributed by atoms with Gasteiger partial charge in [-0.15, -0.1) is 0 Å². The maximum absolute atomic E-state index is 8.66. The van der Waals surface area contributed by atoms with E-state index in [0.29, 0.717) is 0 Å². The number of halogens is 1. The summed E-state index contributed by atoms with van der Waals surface area (Å²) in [5, 5.41) is 8.66. The predicted molar refractivity (Wildman–Crippen MR) is 35.2 cm³/mol. The standard InChI is InChI=1S/C4H9IO/c1-2-4(6)3-5/h4,6H,2-3H2,1H3/t4-/m1/s1. The van der Waals surface area contributed by atoms with Gasteiger partial charge < -0.3 is 5.11 Å². The Labute approximate surface area is 51.9 Å². The van der Waals surface area contributed by atoms with Crippen LogP contribution in [0.3, 0.4) is 0 Å². The van der Waals surface area contributed by atoms with Gasteiger partial charge in [-0.25, -0.2) is 0 Å². The van der Waals surface area contributed by atoms with Crippen molar-refractivity contribution in [2.45, 2.75) is 19.4 Å². The van der Waals surface area contributed by atoms with E-state index in [-0.39, 0.29) is 6.10 Å². The molecule has 0 amide bonds. The number of hydrogen-bond acceptors (Lipinski definition) is 1. The minimum Gasteiger partial charge on any atom is -0.392 e. The molecule has 38 valence electrons. The predicted octanol–water partition coefficient (Wildman–Crippen LogP) is 1.19. The molecule has 0 aliphatic heterocycles. The van der Waals surface area contributed by atoms with Gasteiger partial charge in [-0.05, 0) is 6.42 Å². The molecule has 1 nitrogen and oxygen atoms in total. The number of aliphatic hydroxyl groups excluding tert-OH is 1. The first kappa shape index (κ1) is 6.69. The minimum atomic E-state index is -0.0781. The van der Waals surface area contributed by atoms with Crippen LogP contribution in [-0.4, -0.2) is 15.6 Å². The first-order chi connectivity index (χ1) is 2.81. The van der Waals surface area contributed by atoms with Crippen LogP contribution < -0.4 is 0 Å². The van der Waals surface area contributed by atoms with Crippen molar-refractivity contribution in [1.82, 2.24) is 0 Å². The quantitative estimate of drug-likeness (QED) is 0.524. The first-order valence-electron chi connectivity index (χ1n) is 2.05. The van der Waals surface area contributed by atoms with Crippen molar-refractivity contribution in [1.29, 1.82) is 0 Å². The van der Waals surface area contributed by atoms with E-state index < -0.39 is 0 Å². The number of rotatable bonds is 2. The van der Waals surface area contributed by atoms with Crippen molar-refractivity contribution < 1.29 is 5.11 Å². The fourth-order valence-corrected chi connectivity index (χ4v) is 0.732. The van der Waals surface area contributed by atoms with E-state index in [1.165, 1.54) is 0 Å². The van der Waals surface area contributed by atoms with E-state index >= 15 is 0 Å². The van der Waals surface area contributed by atoms with Gasteiger partial charge in [0.15, 0.2) is 0 Å². The normalized spacial score (nSPS) is 14.5. The summed E-state index contributed by atoms with van der Waals surface area (Å²) in [5.41, 5.74) is 0. The zero-order valence-corrected chi connectivity index (χ0v) is 5.97. The van der Waals surface area contributed by atoms with Crippen LogP contribution >= 0.6 is 22.6 Å². The maximum atomic E-state index is 8.66. The monoisotopic (exact) mass is 200 g/mol. The number of aliphatic hydroxyl groups is 1. The van der Waals surface area contributed by atoms with Crippen molar-refractivity contribution in [3.63, 3.8) is 0 Å². The Morgan fingerprint density at radius 1 is 1.83 bits per heavy atom. The molecule has 0 bridgehead atoms. The first-order valence-corrected chi connectivity index (χ1v) is 3.57. The van der Waals surface area contributed by atoms with Crippen molar-refractivity contribution in [3.8, 4) is 0 Å². The minimum absolute atomic E-state index is 0.0781. The highest BCUT2D eigenvalue weighted by Gasteiger charge is 1.92. The van der Waals surface area contributed by atoms with E-state index in [4.69, 9.17) is 5.11 Å². The summed E-state index contributed by atoms with van der Waals surface area (Å²) in [7, 11) is 0. The van der Waals surface area contributed by atoms with Gasteiger partial charge in [-0.1, -0.05) is 29.5 Å². The van der Waals surface area contributed by atoms with Crippen LogP contribution in [0.15, 0.2) is 0 Å². The Kier molecular flexibility index (Phi) is 4.31. The van der Waals surface area contributed by atoms with E-state index in [1.54, 1.807) is 0 Å². The molecule has 0 aromatic heterocycles. The Balaban J connectivity index is 2.75. The third-order valence-corrected chi connectivity index (χ3v) is 1.67. The fourth-order valence-electron chi connectivity index (χ4n) is 0.109. The van der Waals surface area contributed by atoms with Crippen LogP contribution in [0.1, 0.15) is 13.3 Å². The fraction of sp³-hybridized carbons (Fsp3) is 1.00. The topological polar surface area (TPSA) is 20.2 Å². The van der Waals surface area contributed by atoms with Gasteiger partial charge in [0.1, 0.15) is 0 Å². The van der Waals surface area contributed by atoms with Crippen LogP contribution in [0.5, 0.6) is 0 Å². The summed E-state index contributed by atoms with van der Waals surface area (Å²) >= 11 is 2.16. The molecule has 6 heavy (non-hydrogen) atoms. The largest absolute Gasteiger partial charge is 0.392 e. The lowest BCUT2D eigenvalue weighted by molar-refractivity contribution is 0.198. The SMILES string of the molecule is CC[C@@H](O)CI. The molecule has 0 saturated heterocycles. The summed E-state index contributed by atoms with van der Waals surface area (Å²) in [6.07, 6.45) is 0.800. The second-order valence-corrected chi connectivity index (χ2v) is 2.10. The lowest BCUT2D eigenvalue weighted by atomic mass is 10.3. The summed E-state index contributed by atoms with van der Waals surface area (Å²) in [6.45, 7) is 1.98. The van der Waals surface area contributed by atoms with E-state index in [2.05, 4.69) is 22.6 Å². The van der Waals surface area contributed by atoms with Gasteiger partial charge in [0.2, 0.25) is 0 Å². The summed E-state index contributed by atoms with van der Waals surface area (Å²) < 4.78 is 0.855. The van der Waals surface area contributed by atoms with Gasteiger partial charge in [-0.3, -0.25) is 0 Å². The van der Waals surface area contributed by atoms with Crippen LogP contribution in [0, 0.1) is 0 Å². The smallest absolute Gasteiger partial charge is 0.0627 e. The lowest BCUT2D eigenvalue weighted by Crippen LogP contribution is -2.03. The molecule has 1 atom stereocenters. The Morgan fingerprint density at radius 2 is 2.33 bits per heavy atom. The second-order valence-electron chi connectivity index (χ2n) is 1.22. The molecule has 0 aliphatic rings. The van der Waals surface area contributed by atoms with E-state index in [1.807, 2.05) is 6.92 Å². The van der Waals surface area contributed by atoms with Crippen molar-refractivity contribution in [2.24, 2.45) is 0 Å². The molecule has 0 radical (unpaired) electrons. The summed E-state index contributed by atoms with van der Waals surface area (Å²) in [4.78, 5) is 0. The van der Waals surface area contributed by atoms with Crippen molar-refractivity contribution in [3.05, 3.63) is 0 Å². The summed E-state index contributed by atoms with van der Waals surface area (Å²) in [5.74, 6) is 0. The molecule has 0 rings (SSSR count). The van der Waals surface area contributed by atoms with Crippen molar-refractivity contribution >= 4 is 22.6 Å². The molecule has 1 N–H and O–H groups in total. The third-order valence-electron chi connectivity index (χ3n) is 0.649. The molecular weight excluding hydrogens is 191 g/mol. The average Bonchev–Trinajstić information content (AvgIpc) is 1.65. The Hall–Kier alpha value is 0.690. The molecule has 0 saturated carbocycles. The Morgan fingerprint density at radius 3 is 2.33 bits per heavy atom. The molecule has 0 fully saturated rings. The van der Waals surface area contributed by atoms with Gasteiger partial charge in [-0.2, -0.15) is 0 Å². The van der Waals surface area contributed by atoms with Gasteiger partial charge in [0, 0.05) is 4.43 Å². The zero-order valence-electron chi connectivity index (χ0n) is 3.82. The Bertz CT molecular complexity index is 26.7. The third kappa shape index (κ3) is 2.90. The molecule has 0 aliphatic carbocycles. The van der Waals surface area contributed by atoms with E-state index in [9.17, 15) is 0 Å². The highest BCUT2D eigenvalue weighted by molar-refractivity contribution is 14.1. The number of alkyl halides is 1. The van der Waals surface area contributed by atoms with Gasteiger partial charge >= 0.3 is 0 Å². The molecule has 0 aromatic carbocycles. The highest BCUT2D eigenvalue weighted by atomic mass is 127. The molecule has 0 aromatic rings. The van der Waals surface area contributed by atoms with Crippen LogP contribution in [-0.2, 0) is 0 Å². The lowest BCUT2D eigenvalue weighted by Gasteiger charge is -1.97. The van der Waals surface area contributed by atoms with E-state index in [0.717, 1.165) is 10.8 Å². The molecule has 0 unspecified atom stereocenters. The van der Waals surface area contributed by atoms with Gasteiger partial charge in [0.05, 0.1) is 6.10 Å². The highest BCUT2D eigenvalue weighted by Crippen LogP contribution is 1.93. The summed E-state index contributed by atoms with van der Waals surface area (Å²) in [6, 6.07) is 0. The van der Waals surface area contributed by atoms with Crippen LogP contribution in [0.25, 0.3) is 0 Å². The zero-order chi connectivity index (χ0) is 4.99. The number of hydrogen-bond donors (Lipinski definition) is 1. The van der Waals surface area contributed by atoms with Crippen molar-refractivity contribution in [2.75, 3.05) is 4.43 Å². The van der Waals surface area contributed by atoms with Crippen LogP contribution in [0.4, 0.5) is 0 Å². The maximum Gasteiger partial charge on any atom is 0.0627 e. The second kappa shape index (κ2) is 3.87.